The lowest BCUT2D eigenvalue weighted by Gasteiger charge is -2.06. The highest BCUT2D eigenvalue weighted by Gasteiger charge is 2.04. The van der Waals surface area contributed by atoms with Gasteiger partial charge in [-0.2, -0.15) is 0 Å². The van der Waals surface area contributed by atoms with E-state index in [1.807, 2.05) is 18.3 Å². The van der Waals surface area contributed by atoms with Crippen molar-refractivity contribution in [2.45, 2.75) is 12.8 Å². The molecule has 0 aliphatic heterocycles. The first-order valence-electron chi connectivity index (χ1n) is 7.32. The molecule has 0 unspecified atom stereocenters. The van der Waals surface area contributed by atoms with Crippen LogP contribution in [-0.2, 0) is 16.0 Å². The van der Waals surface area contributed by atoms with Crippen molar-refractivity contribution in [3.63, 3.8) is 0 Å². The molecule has 2 rings (SSSR count). The van der Waals surface area contributed by atoms with Crippen molar-refractivity contribution in [2.75, 3.05) is 33.4 Å². The first-order chi connectivity index (χ1) is 10.3. The molecule has 0 spiro atoms. The number of aromatic amines is 1. The van der Waals surface area contributed by atoms with Crippen molar-refractivity contribution in [2.24, 2.45) is 0 Å². The molecule has 0 radical (unpaired) electrons. The number of methoxy groups -OCH3 is 1. The zero-order chi connectivity index (χ0) is 14.9. The minimum atomic E-state index is 0.0345. The summed E-state index contributed by atoms with van der Waals surface area (Å²) in [6.45, 7) is 2.52. The van der Waals surface area contributed by atoms with Gasteiger partial charge in [-0.3, -0.25) is 4.79 Å². The number of carbonyl (C=O) groups is 1. The molecule has 0 aliphatic rings. The van der Waals surface area contributed by atoms with Gasteiger partial charge in [0, 0.05) is 37.4 Å². The van der Waals surface area contributed by atoms with E-state index in [9.17, 15) is 4.79 Å². The van der Waals surface area contributed by atoms with Crippen molar-refractivity contribution in [3.8, 4) is 0 Å². The number of benzene rings is 1. The molecule has 3 N–H and O–H groups in total. The molecule has 21 heavy (non-hydrogen) atoms. The Labute approximate surface area is 125 Å². The van der Waals surface area contributed by atoms with Gasteiger partial charge in [-0.05, 0) is 31.0 Å². The Hall–Kier alpha value is -1.85. The molecule has 0 aliphatic carbocycles. The molecular formula is C16H23N3O2. The number of hydrogen-bond acceptors (Lipinski definition) is 3. The molecule has 2 aromatic rings. The third kappa shape index (κ3) is 4.88. The summed E-state index contributed by atoms with van der Waals surface area (Å²) in [6.07, 6.45) is 3.76. The lowest BCUT2D eigenvalue weighted by molar-refractivity contribution is -0.120. The molecule has 5 nitrogen and oxygen atoms in total. The number of para-hydroxylation sites is 1. The SMILES string of the molecule is COCCCNCC(=O)NCCc1c[nH]c2ccccc12. The topological polar surface area (TPSA) is 66.2 Å². The average Bonchev–Trinajstić information content (AvgIpc) is 2.91. The maximum Gasteiger partial charge on any atom is 0.233 e. The van der Waals surface area contributed by atoms with Gasteiger partial charge in [0.05, 0.1) is 6.54 Å². The first kappa shape index (κ1) is 15.5. The summed E-state index contributed by atoms with van der Waals surface area (Å²) >= 11 is 0. The van der Waals surface area contributed by atoms with E-state index in [4.69, 9.17) is 4.74 Å². The van der Waals surface area contributed by atoms with E-state index in [1.165, 1.54) is 10.9 Å². The van der Waals surface area contributed by atoms with Gasteiger partial charge in [0.2, 0.25) is 5.91 Å². The lowest BCUT2D eigenvalue weighted by Crippen LogP contribution is -2.35. The van der Waals surface area contributed by atoms with Gasteiger partial charge in [0.25, 0.3) is 0 Å². The second kappa shape index (κ2) is 8.44. The number of nitrogens with one attached hydrogen (secondary N) is 3. The van der Waals surface area contributed by atoms with Crippen LogP contribution in [0, 0.1) is 0 Å². The second-order valence-corrected chi connectivity index (χ2v) is 4.98. The summed E-state index contributed by atoms with van der Waals surface area (Å²) < 4.78 is 4.95. The predicted octanol–water partition coefficient (Wildman–Crippen LogP) is 1.45. The van der Waals surface area contributed by atoms with E-state index in [-0.39, 0.29) is 5.91 Å². The number of rotatable bonds is 9. The van der Waals surface area contributed by atoms with E-state index < -0.39 is 0 Å². The standard InChI is InChI=1S/C16H23N3O2/c1-21-10-4-8-17-12-16(20)18-9-7-13-11-19-15-6-3-2-5-14(13)15/h2-3,5-6,11,17,19H,4,7-10,12H2,1H3,(H,18,20). The predicted molar refractivity (Wildman–Crippen MR) is 84.4 cm³/mol. The highest BCUT2D eigenvalue weighted by atomic mass is 16.5. The molecule has 5 heteroatoms. The fourth-order valence-electron chi connectivity index (χ4n) is 2.28. The Balaban J connectivity index is 1.66. The van der Waals surface area contributed by atoms with Crippen molar-refractivity contribution in [1.29, 1.82) is 0 Å². The van der Waals surface area contributed by atoms with Crippen LogP contribution in [0.3, 0.4) is 0 Å². The molecule has 0 fully saturated rings. The van der Waals surface area contributed by atoms with E-state index >= 15 is 0 Å². The summed E-state index contributed by atoms with van der Waals surface area (Å²) in [5.74, 6) is 0.0345. The summed E-state index contributed by atoms with van der Waals surface area (Å²) in [4.78, 5) is 14.9. The van der Waals surface area contributed by atoms with Crippen LogP contribution >= 0.6 is 0 Å². The van der Waals surface area contributed by atoms with Crippen LogP contribution in [0.15, 0.2) is 30.5 Å². The van der Waals surface area contributed by atoms with Crippen LogP contribution in [0.1, 0.15) is 12.0 Å². The zero-order valence-electron chi connectivity index (χ0n) is 12.4. The largest absolute Gasteiger partial charge is 0.385 e. The number of ether oxygens (including phenoxy) is 1. The fourth-order valence-corrected chi connectivity index (χ4v) is 2.28. The molecule has 1 aromatic heterocycles. The van der Waals surface area contributed by atoms with Crippen molar-refractivity contribution >= 4 is 16.8 Å². The van der Waals surface area contributed by atoms with Crippen molar-refractivity contribution < 1.29 is 9.53 Å². The lowest BCUT2D eigenvalue weighted by atomic mass is 10.1. The smallest absolute Gasteiger partial charge is 0.233 e. The second-order valence-electron chi connectivity index (χ2n) is 4.98. The highest BCUT2D eigenvalue weighted by molar-refractivity contribution is 5.83. The number of hydrogen-bond donors (Lipinski definition) is 3. The molecule has 114 valence electrons. The number of aromatic nitrogens is 1. The number of carbonyl (C=O) groups excluding carboxylic acids is 1. The summed E-state index contributed by atoms with van der Waals surface area (Å²) in [5.41, 5.74) is 2.37. The van der Waals surface area contributed by atoms with Gasteiger partial charge in [-0.15, -0.1) is 0 Å². The van der Waals surface area contributed by atoms with Crippen LogP contribution in [0.4, 0.5) is 0 Å². The van der Waals surface area contributed by atoms with Gasteiger partial charge >= 0.3 is 0 Å². The Bertz CT molecular complexity index is 565. The maximum atomic E-state index is 11.7. The minimum absolute atomic E-state index is 0.0345. The van der Waals surface area contributed by atoms with Crippen LogP contribution < -0.4 is 10.6 Å². The van der Waals surface area contributed by atoms with E-state index in [0.717, 1.165) is 31.5 Å². The normalized spacial score (nSPS) is 10.9. The molecular weight excluding hydrogens is 266 g/mol. The van der Waals surface area contributed by atoms with Gasteiger partial charge in [0.1, 0.15) is 0 Å². The van der Waals surface area contributed by atoms with Gasteiger partial charge in [-0.25, -0.2) is 0 Å². The molecule has 0 atom stereocenters. The molecule has 1 heterocycles. The molecule has 1 amide bonds. The molecule has 0 saturated heterocycles. The maximum absolute atomic E-state index is 11.7. The summed E-state index contributed by atoms with van der Waals surface area (Å²) in [6, 6.07) is 8.20. The first-order valence-corrected chi connectivity index (χ1v) is 7.32. The third-order valence-corrected chi connectivity index (χ3v) is 3.38. The van der Waals surface area contributed by atoms with Crippen LogP contribution in [0.5, 0.6) is 0 Å². The fraction of sp³-hybridized carbons (Fsp3) is 0.438. The minimum Gasteiger partial charge on any atom is -0.385 e. The van der Waals surface area contributed by atoms with Gasteiger partial charge in [-0.1, -0.05) is 18.2 Å². The number of fused-ring (bicyclic) bond motifs is 1. The number of amides is 1. The molecule has 0 bridgehead atoms. The van der Waals surface area contributed by atoms with E-state index in [1.54, 1.807) is 7.11 Å². The zero-order valence-corrected chi connectivity index (χ0v) is 12.4. The van der Waals surface area contributed by atoms with Gasteiger partial charge in [0.15, 0.2) is 0 Å². The Morgan fingerprint density at radius 2 is 2.14 bits per heavy atom. The van der Waals surface area contributed by atoms with Gasteiger partial charge < -0.3 is 20.4 Å². The van der Waals surface area contributed by atoms with E-state index in [2.05, 4.69) is 27.8 Å². The summed E-state index contributed by atoms with van der Waals surface area (Å²) in [5, 5.41) is 7.25. The van der Waals surface area contributed by atoms with Crippen molar-refractivity contribution in [1.82, 2.24) is 15.6 Å². The van der Waals surface area contributed by atoms with Crippen LogP contribution in [-0.4, -0.2) is 44.2 Å². The highest BCUT2D eigenvalue weighted by Crippen LogP contribution is 2.17. The summed E-state index contributed by atoms with van der Waals surface area (Å²) in [7, 11) is 1.68. The average molecular weight is 289 g/mol. The Morgan fingerprint density at radius 3 is 3.00 bits per heavy atom. The monoisotopic (exact) mass is 289 g/mol. The number of H-pyrrole nitrogens is 1. The van der Waals surface area contributed by atoms with E-state index in [0.29, 0.717) is 13.1 Å². The Kier molecular flexibility index (Phi) is 6.24. The molecule has 1 aromatic carbocycles. The van der Waals surface area contributed by atoms with Crippen molar-refractivity contribution in [3.05, 3.63) is 36.0 Å². The van der Waals surface area contributed by atoms with Crippen LogP contribution in [0.25, 0.3) is 10.9 Å². The quantitative estimate of drug-likeness (QED) is 0.612. The molecule has 0 saturated carbocycles. The third-order valence-electron chi connectivity index (χ3n) is 3.38. The Morgan fingerprint density at radius 1 is 1.29 bits per heavy atom. The van der Waals surface area contributed by atoms with Crippen LogP contribution in [0.2, 0.25) is 0 Å².